The van der Waals surface area contributed by atoms with Crippen LogP contribution in [0.3, 0.4) is 0 Å². The highest BCUT2D eigenvalue weighted by atomic mass is 19.1. The van der Waals surface area contributed by atoms with Crippen LogP contribution in [0.1, 0.15) is 24.8 Å². The van der Waals surface area contributed by atoms with Gasteiger partial charge >= 0.3 is 0 Å². The molecule has 15 heavy (non-hydrogen) atoms. The lowest BCUT2D eigenvalue weighted by Gasteiger charge is -2.13. The number of rotatable bonds is 2. The van der Waals surface area contributed by atoms with Gasteiger partial charge < -0.3 is 5.32 Å². The molecule has 0 radical (unpaired) electrons. The average Bonchev–Trinajstić information content (AvgIpc) is 2.50. The maximum Gasteiger partial charge on any atom is 0.123 e. The van der Waals surface area contributed by atoms with Crippen molar-refractivity contribution in [2.24, 2.45) is 5.92 Å². The maximum atomic E-state index is 12.7. The van der Waals surface area contributed by atoms with Crippen molar-refractivity contribution < 1.29 is 4.39 Å². The van der Waals surface area contributed by atoms with Gasteiger partial charge in [0.15, 0.2) is 0 Å². The molecule has 1 aliphatic rings. The molecule has 0 amide bonds. The lowest BCUT2D eigenvalue weighted by Crippen LogP contribution is -2.14. The first-order valence-corrected chi connectivity index (χ1v) is 5.80. The summed E-state index contributed by atoms with van der Waals surface area (Å²) in [4.78, 5) is 0. The fourth-order valence-corrected chi connectivity index (χ4v) is 2.25. The number of hydrogen-bond donors (Lipinski definition) is 1. The Morgan fingerprint density at radius 2 is 1.93 bits per heavy atom. The van der Waals surface area contributed by atoms with E-state index in [1.807, 2.05) is 12.1 Å². The van der Waals surface area contributed by atoms with Crippen LogP contribution >= 0.6 is 0 Å². The summed E-state index contributed by atoms with van der Waals surface area (Å²) in [6, 6.07) is 6.94. The molecule has 0 spiro atoms. The number of halogens is 1. The minimum atomic E-state index is -0.138. The Morgan fingerprint density at radius 3 is 2.73 bits per heavy atom. The van der Waals surface area contributed by atoms with Gasteiger partial charge in [0.25, 0.3) is 0 Å². The van der Waals surface area contributed by atoms with Crippen molar-refractivity contribution in [2.45, 2.75) is 25.7 Å². The largest absolute Gasteiger partial charge is 0.317 e. The van der Waals surface area contributed by atoms with E-state index in [4.69, 9.17) is 0 Å². The zero-order valence-electron chi connectivity index (χ0n) is 9.01. The predicted octanol–water partition coefficient (Wildman–Crippen LogP) is 2.76. The zero-order valence-corrected chi connectivity index (χ0v) is 9.01. The van der Waals surface area contributed by atoms with Crippen molar-refractivity contribution in [1.82, 2.24) is 5.32 Å². The molecule has 0 aliphatic carbocycles. The molecule has 1 saturated heterocycles. The van der Waals surface area contributed by atoms with E-state index in [0.717, 1.165) is 25.4 Å². The quantitative estimate of drug-likeness (QED) is 0.786. The molecule has 1 N–H and O–H groups in total. The van der Waals surface area contributed by atoms with E-state index in [1.54, 1.807) is 12.1 Å². The molecule has 1 unspecified atom stereocenters. The third-order valence-electron chi connectivity index (χ3n) is 3.13. The van der Waals surface area contributed by atoms with Crippen LogP contribution in [-0.4, -0.2) is 13.1 Å². The van der Waals surface area contributed by atoms with Crippen LogP contribution in [-0.2, 0) is 6.42 Å². The van der Waals surface area contributed by atoms with Gasteiger partial charge in [-0.05, 0) is 62.4 Å². The molecule has 82 valence electrons. The third kappa shape index (κ3) is 3.31. The van der Waals surface area contributed by atoms with Gasteiger partial charge in [0, 0.05) is 0 Å². The minimum Gasteiger partial charge on any atom is -0.317 e. The highest BCUT2D eigenvalue weighted by molar-refractivity contribution is 5.16. The molecule has 1 aliphatic heterocycles. The molecular formula is C13H18FN. The third-order valence-corrected chi connectivity index (χ3v) is 3.13. The second kappa shape index (κ2) is 5.26. The summed E-state index contributed by atoms with van der Waals surface area (Å²) in [7, 11) is 0. The Kier molecular flexibility index (Phi) is 3.73. The summed E-state index contributed by atoms with van der Waals surface area (Å²) >= 11 is 0. The van der Waals surface area contributed by atoms with Gasteiger partial charge in [-0.2, -0.15) is 0 Å². The Morgan fingerprint density at radius 1 is 1.13 bits per heavy atom. The van der Waals surface area contributed by atoms with E-state index in [-0.39, 0.29) is 5.82 Å². The molecule has 2 rings (SSSR count). The van der Waals surface area contributed by atoms with Gasteiger partial charge in [-0.1, -0.05) is 12.1 Å². The minimum absolute atomic E-state index is 0.138. The van der Waals surface area contributed by atoms with Crippen LogP contribution in [0, 0.1) is 11.7 Å². The van der Waals surface area contributed by atoms with Crippen LogP contribution in [0.25, 0.3) is 0 Å². The van der Waals surface area contributed by atoms with Crippen LogP contribution in [0.4, 0.5) is 4.39 Å². The van der Waals surface area contributed by atoms with Crippen LogP contribution in [0.5, 0.6) is 0 Å². The van der Waals surface area contributed by atoms with Crippen molar-refractivity contribution in [3.05, 3.63) is 35.6 Å². The highest BCUT2D eigenvalue weighted by Gasteiger charge is 2.12. The molecule has 1 aromatic rings. The van der Waals surface area contributed by atoms with Gasteiger partial charge in [-0.15, -0.1) is 0 Å². The Balaban J connectivity index is 1.92. The van der Waals surface area contributed by atoms with Crippen molar-refractivity contribution in [1.29, 1.82) is 0 Å². The van der Waals surface area contributed by atoms with Gasteiger partial charge in [0.1, 0.15) is 5.82 Å². The lowest BCUT2D eigenvalue weighted by molar-refractivity contribution is 0.469. The van der Waals surface area contributed by atoms with Gasteiger partial charge in [0.2, 0.25) is 0 Å². The fraction of sp³-hybridized carbons (Fsp3) is 0.538. The Bertz CT molecular complexity index is 286. The Hall–Kier alpha value is -0.890. The Labute approximate surface area is 90.7 Å². The van der Waals surface area contributed by atoms with E-state index in [9.17, 15) is 4.39 Å². The summed E-state index contributed by atoms with van der Waals surface area (Å²) in [5.41, 5.74) is 1.27. The van der Waals surface area contributed by atoms with Crippen LogP contribution in [0.2, 0.25) is 0 Å². The second-order valence-electron chi connectivity index (χ2n) is 4.38. The first-order valence-electron chi connectivity index (χ1n) is 5.80. The first-order chi connectivity index (χ1) is 7.34. The second-order valence-corrected chi connectivity index (χ2v) is 4.38. The number of hydrogen-bond acceptors (Lipinski definition) is 1. The summed E-state index contributed by atoms with van der Waals surface area (Å²) in [5, 5.41) is 3.41. The lowest BCUT2D eigenvalue weighted by atomic mass is 9.93. The summed E-state index contributed by atoms with van der Waals surface area (Å²) in [6.07, 6.45) is 4.91. The maximum absolute atomic E-state index is 12.7. The normalized spacial score (nSPS) is 22.3. The molecule has 2 heteroatoms. The number of benzene rings is 1. The van der Waals surface area contributed by atoms with E-state index < -0.39 is 0 Å². The summed E-state index contributed by atoms with van der Waals surface area (Å²) in [5.74, 6) is 0.631. The number of nitrogens with one attached hydrogen (secondary N) is 1. The molecule has 1 atom stereocenters. The molecule has 1 aromatic carbocycles. The van der Waals surface area contributed by atoms with Gasteiger partial charge in [-0.25, -0.2) is 4.39 Å². The molecular weight excluding hydrogens is 189 g/mol. The average molecular weight is 207 g/mol. The molecule has 1 fully saturated rings. The van der Waals surface area contributed by atoms with Crippen molar-refractivity contribution in [3.63, 3.8) is 0 Å². The van der Waals surface area contributed by atoms with Crippen LogP contribution < -0.4 is 5.32 Å². The van der Waals surface area contributed by atoms with E-state index in [1.165, 1.54) is 24.8 Å². The molecule has 0 saturated carbocycles. The van der Waals surface area contributed by atoms with Gasteiger partial charge in [-0.3, -0.25) is 0 Å². The zero-order chi connectivity index (χ0) is 10.5. The smallest absolute Gasteiger partial charge is 0.123 e. The van der Waals surface area contributed by atoms with E-state index in [0.29, 0.717) is 0 Å². The van der Waals surface area contributed by atoms with Crippen molar-refractivity contribution in [2.75, 3.05) is 13.1 Å². The first kappa shape index (κ1) is 10.6. The predicted molar refractivity (Wildman–Crippen MR) is 60.3 cm³/mol. The fourth-order valence-electron chi connectivity index (χ4n) is 2.25. The summed E-state index contributed by atoms with van der Waals surface area (Å²) < 4.78 is 12.7. The van der Waals surface area contributed by atoms with Crippen molar-refractivity contribution in [3.8, 4) is 0 Å². The van der Waals surface area contributed by atoms with Crippen LogP contribution in [0.15, 0.2) is 24.3 Å². The molecule has 0 bridgehead atoms. The SMILES string of the molecule is Fc1ccc(CC2CCCNCC2)cc1. The molecule has 1 heterocycles. The molecule has 1 nitrogen and oxygen atoms in total. The summed E-state index contributed by atoms with van der Waals surface area (Å²) in [6.45, 7) is 2.28. The standard InChI is InChI=1S/C13H18FN/c14-13-5-3-12(4-6-13)10-11-2-1-8-15-9-7-11/h3-6,11,15H,1-2,7-10H2. The molecule has 0 aromatic heterocycles. The van der Waals surface area contributed by atoms with Gasteiger partial charge in [0.05, 0.1) is 0 Å². The monoisotopic (exact) mass is 207 g/mol. The highest BCUT2D eigenvalue weighted by Crippen LogP contribution is 2.19. The van der Waals surface area contributed by atoms with E-state index in [2.05, 4.69) is 5.32 Å². The van der Waals surface area contributed by atoms with Crippen molar-refractivity contribution >= 4 is 0 Å². The topological polar surface area (TPSA) is 12.0 Å². The van der Waals surface area contributed by atoms with E-state index >= 15 is 0 Å².